The molecule has 0 fully saturated rings. The molecule has 6 nitrogen and oxygen atoms in total. The van der Waals surface area contributed by atoms with Crippen LogP contribution < -0.4 is 14.9 Å². The molecule has 2 aromatic carbocycles. The molecule has 0 spiro atoms. The first-order valence-corrected chi connectivity index (χ1v) is 9.51. The molecule has 0 radical (unpaired) electrons. The van der Waals surface area contributed by atoms with Gasteiger partial charge in [-0.1, -0.05) is 29.8 Å². The molecule has 0 saturated heterocycles. The Labute approximate surface area is 168 Å². The van der Waals surface area contributed by atoms with Crippen molar-refractivity contribution in [3.05, 3.63) is 59.2 Å². The lowest BCUT2D eigenvalue weighted by Gasteiger charge is -2.23. The highest BCUT2D eigenvalue weighted by Crippen LogP contribution is 2.27. The Balaban J connectivity index is 1.92. The standard InChI is InChI=1S/C21H24N2O4S/c1-13-5-7-15(8-6-13)19(23)28-18(22)12-26-16-9-10-17(14(2)11-16)27-21(3,4)20(24)25/h5-11,22-23H,12H2,1-4H3,(H,24,25)/p+1. The van der Waals surface area contributed by atoms with Crippen LogP contribution >= 0.6 is 11.8 Å². The summed E-state index contributed by atoms with van der Waals surface area (Å²) in [6, 6.07) is 12.8. The van der Waals surface area contributed by atoms with Gasteiger partial charge in [0.2, 0.25) is 0 Å². The van der Waals surface area contributed by atoms with E-state index in [1.54, 1.807) is 18.2 Å². The second-order valence-electron chi connectivity index (χ2n) is 6.90. The van der Waals surface area contributed by atoms with Gasteiger partial charge in [-0.3, -0.25) is 5.41 Å². The summed E-state index contributed by atoms with van der Waals surface area (Å²) in [5.41, 5.74) is 1.37. The highest BCUT2D eigenvalue weighted by Gasteiger charge is 2.29. The molecule has 0 aliphatic carbocycles. The van der Waals surface area contributed by atoms with Gasteiger partial charge in [0.05, 0.1) is 0 Å². The van der Waals surface area contributed by atoms with Gasteiger partial charge in [-0.25, -0.2) is 10.2 Å². The number of carboxylic acids is 1. The number of carboxylic acid groups (broad SMARTS) is 1. The first-order valence-electron chi connectivity index (χ1n) is 8.69. The Kier molecular flexibility index (Phi) is 6.85. The molecule has 28 heavy (non-hydrogen) atoms. The average molecular weight is 402 g/mol. The van der Waals surface area contributed by atoms with Crippen molar-refractivity contribution in [1.82, 2.24) is 0 Å². The largest absolute Gasteiger partial charge is 0.482 e. The molecule has 2 aromatic rings. The number of aliphatic carboxylic acids is 1. The summed E-state index contributed by atoms with van der Waals surface area (Å²) in [4.78, 5) is 11.2. The van der Waals surface area contributed by atoms with E-state index in [1.807, 2.05) is 38.1 Å². The zero-order chi connectivity index (χ0) is 20.9. The van der Waals surface area contributed by atoms with Gasteiger partial charge in [0.1, 0.15) is 16.5 Å². The highest BCUT2D eigenvalue weighted by molar-refractivity contribution is 8.26. The summed E-state index contributed by atoms with van der Waals surface area (Å²) >= 11 is 1.16. The summed E-state index contributed by atoms with van der Waals surface area (Å²) in [7, 11) is 0. The van der Waals surface area contributed by atoms with Crippen molar-refractivity contribution in [3.8, 4) is 11.5 Å². The first kappa shape index (κ1) is 21.5. The lowest BCUT2D eigenvalue weighted by molar-refractivity contribution is -0.152. The van der Waals surface area contributed by atoms with Gasteiger partial charge >= 0.3 is 5.97 Å². The van der Waals surface area contributed by atoms with E-state index in [0.717, 1.165) is 28.5 Å². The fraction of sp³-hybridized carbons (Fsp3) is 0.286. The van der Waals surface area contributed by atoms with Crippen LogP contribution in [0.4, 0.5) is 0 Å². The quantitative estimate of drug-likeness (QED) is 0.489. The number of nitrogens with one attached hydrogen (secondary N) is 1. The molecule has 148 valence electrons. The number of benzene rings is 2. The number of aryl methyl sites for hydroxylation is 2. The van der Waals surface area contributed by atoms with Crippen LogP contribution in [0, 0.1) is 19.3 Å². The molecule has 2 rings (SSSR count). The van der Waals surface area contributed by atoms with Gasteiger partial charge in [0, 0.05) is 5.56 Å². The fourth-order valence-electron chi connectivity index (χ4n) is 2.22. The summed E-state index contributed by atoms with van der Waals surface area (Å²) in [6.07, 6.45) is 0. The van der Waals surface area contributed by atoms with E-state index in [-0.39, 0.29) is 6.61 Å². The summed E-state index contributed by atoms with van der Waals surface area (Å²) in [5, 5.41) is 24.1. The predicted octanol–water partition coefficient (Wildman–Crippen LogP) is 2.84. The molecule has 0 aliphatic rings. The van der Waals surface area contributed by atoms with Crippen LogP contribution in [0.2, 0.25) is 0 Å². The average Bonchev–Trinajstić information content (AvgIpc) is 2.62. The molecule has 0 saturated carbocycles. The number of nitrogens with two attached hydrogens (primary N) is 1. The maximum Gasteiger partial charge on any atom is 0.347 e. The molecule has 7 heteroatoms. The number of hydrogen-bond donors (Lipinski definition) is 3. The van der Waals surface area contributed by atoms with Gasteiger partial charge in [-0.15, -0.1) is 0 Å². The molecule has 0 aromatic heterocycles. The smallest absolute Gasteiger partial charge is 0.347 e. The van der Waals surface area contributed by atoms with Crippen molar-refractivity contribution in [3.63, 3.8) is 0 Å². The number of ether oxygens (including phenoxy) is 2. The van der Waals surface area contributed by atoms with E-state index in [1.165, 1.54) is 13.8 Å². The molecule has 0 bridgehead atoms. The number of carbonyl (C=O) groups is 1. The van der Waals surface area contributed by atoms with E-state index in [4.69, 9.17) is 20.3 Å². The third-order valence-corrected chi connectivity index (χ3v) is 4.77. The Morgan fingerprint density at radius 1 is 1.18 bits per heavy atom. The summed E-state index contributed by atoms with van der Waals surface area (Å²) in [6.45, 7) is 6.95. The maximum absolute atomic E-state index is 11.2. The van der Waals surface area contributed by atoms with Crippen molar-refractivity contribution in [2.75, 3.05) is 6.61 Å². The Morgan fingerprint density at radius 2 is 1.82 bits per heavy atom. The Morgan fingerprint density at radius 3 is 2.39 bits per heavy atom. The topological polar surface area (TPSA) is 105 Å². The maximum atomic E-state index is 11.2. The number of hydrogen-bond acceptors (Lipinski definition) is 5. The Bertz CT molecular complexity index is 892. The minimum atomic E-state index is -1.32. The van der Waals surface area contributed by atoms with Crippen molar-refractivity contribution >= 4 is 27.8 Å². The van der Waals surface area contributed by atoms with Crippen molar-refractivity contribution in [2.45, 2.75) is 33.3 Å². The van der Waals surface area contributed by atoms with Crippen LogP contribution in [0.1, 0.15) is 30.5 Å². The van der Waals surface area contributed by atoms with Crippen LogP contribution in [-0.2, 0) is 4.79 Å². The van der Waals surface area contributed by atoms with E-state index < -0.39 is 11.6 Å². The third kappa shape index (κ3) is 5.85. The second kappa shape index (κ2) is 8.93. The number of rotatable bonds is 7. The van der Waals surface area contributed by atoms with Gasteiger partial charge < -0.3 is 14.6 Å². The van der Waals surface area contributed by atoms with E-state index >= 15 is 0 Å². The monoisotopic (exact) mass is 401 g/mol. The Hall–Kier alpha value is -2.80. The van der Waals surface area contributed by atoms with Crippen molar-refractivity contribution in [2.24, 2.45) is 0 Å². The molecule has 0 unspecified atom stereocenters. The third-order valence-electron chi connectivity index (χ3n) is 3.95. The molecular formula is C21H25N2O4S+. The van der Waals surface area contributed by atoms with Crippen LogP contribution in [0.25, 0.3) is 0 Å². The van der Waals surface area contributed by atoms with E-state index in [2.05, 4.69) is 0 Å². The molecule has 0 atom stereocenters. The number of thioether (sulfide) groups is 1. The molecule has 0 amide bonds. The van der Waals surface area contributed by atoms with Crippen LogP contribution in [0.3, 0.4) is 0 Å². The van der Waals surface area contributed by atoms with Gasteiger partial charge in [-0.2, -0.15) is 0 Å². The lowest BCUT2D eigenvalue weighted by Crippen LogP contribution is -2.41. The van der Waals surface area contributed by atoms with E-state index in [0.29, 0.717) is 21.6 Å². The highest BCUT2D eigenvalue weighted by atomic mass is 32.2. The van der Waals surface area contributed by atoms with Crippen LogP contribution in [0.15, 0.2) is 42.5 Å². The lowest BCUT2D eigenvalue weighted by atomic mass is 10.1. The normalized spacial score (nSPS) is 11.0. The van der Waals surface area contributed by atoms with Crippen molar-refractivity contribution < 1.29 is 24.8 Å². The van der Waals surface area contributed by atoms with Crippen LogP contribution in [-0.4, -0.2) is 33.4 Å². The first-order chi connectivity index (χ1) is 13.1. The summed E-state index contributed by atoms with van der Waals surface area (Å²) < 4.78 is 11.3. The zero-order valence-corrected chi connectivity index (χ0v) is 17.2. The SMILES string of the molecule is Cc1ccc(C(=N)SC(=[NH2+])COc2ccc(OC(C)(C)C(=O)O)c(C)c2)cc1. The second-order valence-corrected chi connectivity index (χ2v) is 8.03. The van der Waals surface area contributed by atoms with Gasteiger partial charge in [0.25, 0.3) is 5.04 Å². The minimum absolute atomic E-state index is 0.152. The molecule has 0 aliphatic heterocycles. The van der Waals surface area contributed by atoms with Crippen LogP contribution in [0.5, 0.6) is 11.5 Å². The van der Waals surface area contributed by atoms with E-state index in [9.17, 15) is 9.90 Å². The fourth-order valence-corrected chi connectivity index (χ4v) is 2.86. The zero-order valence-electron chi connectivity index (χ0n) is 16.4. The van der Waals surface area contributed by atoms with Crippen molar-refractivity contribution in [1.29, 1.82) is 5.41 Å². The minimum Gasteiger partial charge on any atom is -0.482 e. The molecular weight excluding hydrogens is 376 g/mol. The van der Waals surface area contributed by atoms with Gasteiger partial charge in [-0.05, 0) is 63.2 Å². The van der Waals surface area contributed by atoms with Gasteiger partial charge in [0.15, 0.2) is 12.2 Å². The summed E-state index contributed by atoms with van der Waals surface area (Å²) in [5.74, 6) is 0.0262. The predicted molar refractivity (Wildman–Crippen MR) is 112 cm³/mol. The molecule has 0 heterocycles. The molecule has 4 N–H and O–H groups in total.